The van der Waals surface area contributed by atoms with Crippen molar-refractivity contribution in [2.75, 3.05) is 0 Å². The standard InChI is InChI=1S/C13H11N5O2/c19-12(10-5-4-8-14-9-10)15-13-16-18(17-20-13)11-6-2-1-3-7-11/h1-9,17H,(H,15,16,19)/p+1. The normalized spacial score (nSPS) is 17.2. The highest BCUT2D eigenvalue weighted by Crippen LogP contribution is 1.99. The molecule has 0 radical (unpaired) electrons. The second-order valence-electron chi connectivity index (χ2n) is 4.03. The maximum absolute atomic E-state index is 11.9. The number of hydrogen-bond donors (Lipinski definition) is 3. The SMILES string of the molecule is O=C(NC1=N[NH+](c2ccccc2)NO1)c1cccnc1. The summed E-state index contributed by atoms with van der Waals surface area (Å²) in [6, 6.07) is 12.9. The molecule has 0 fully saturated rings. The fraction of sp³-hybridized carbons (Fsp3) is 0. The number of amidine groups is 1. The largest absolute Gasteiger partial charge is 0.374 e. The van der Waals surface area contributed by atoms with Gasteiger partial charge < -0.3 is 4.84 Å². The van der Waals surface area contributed by atoms with Gasteiger partial charge >= 0.3 is 6.02 Å². The zero-order valence-corrected chi connectivity index (χ0v) is 10.4. The number of hydrogen-bond acceptors (Lipinski definition) is 5. The van der Waals surface area contributed by atoms with Gasteiger partial charge in [-0.2, -0.15) is 0 Å². The minimum Gasteiger partial charge on any atom is -0.316 e. The first-order chi connectivity index (χ1) is 9.83. The van der Waals surface area contributed by atoms with Gasteiger partial charge in [-0.05, 0) is 12.1 Å². The van der Waals surface area contributed by atoms with Crippen LogP contribution >= 0.6 is 0 Å². The molecule has 7 heteroatoms. The number of carbonyl (C=O) groups is 1. The molecule has 1 atom stereocenters. The Morgan fingerprint density at radius 2 is 2.05 bits per heavy atom. The number of benzene rings is 1. The Morgan fingerprint density at radius 3 is 2.80 bits per heavy atom. The predicted molar refractivity (Wildman–Crippen MR) is 70.4 cm³/mol. The second kappa shape index (κ2) is 5.47. The van der Waals surface area contributed by atoms with Gasteiger partial charge in [0.1, 0.15) is 0 Å². The van der Waals surface area contributed by atoms with Gasteiger partial charge in [-0.15, -0.1) is 0 Å². The van der Waals surface area contributed by atoms with Crippen LogP contribution in [-0.2, 0) is 4.84 Å². The van der Waals surface area contributed by atoms with Crippen molar-refractivity contribution in [2.24, 2.45) is 5.10 Å². The fourth-order valence-corrected chi connectivity index (χ4v) is 1.68. The van der Waals surface area contributed by atoms with Crippen LogP contribution < -0.4 is 16.0 Å². The van der Waals surface area contributed by atoms with Crippen LogP contribution in [0.4, 0.5) is 5.69 Å². The number of carbonyl (C=O) groups excluding carboxylic acids is 1. The topological polar surface area (TPSA) is 80.0 Å². The van der Waals surface area contributed by atoms with Crippen molar-refractivity contribution in [3.63, 3.8) is 0 Å². The van der Waals surface area contributed by atoms with Gasteiger partial charge in [0.25, 0.3) is 5.91 Å². The molecule has 0 saturated carbocycles. The first-order valence-electron chi connectivity index (χ1n) is 5.98. The summed E-state index contributed by atoms with van der Waals surface area (Å²) in [5.41, 5.74) is 3.97. The van der Waals surface area contributed by atoms with E-state index >= 15 is 0 Å². The van der Waals surface area contributed by atoms with Crippen molar-refractivity contribution < 1.29 is 14.8 Å². The fourth-order valence-electron chi connectivity index (χ4n) is 1.68. The van der Waals surface area contributed by atoms with Gasteiger partial charge in [-0.25, -0.2) is 0 Å². The van der Waals surface area contributed by atoms with Gasteiger partial charge in [0.2, 0.25) is 0 Å². The number of rotatable bonds is 2. The maximum atomic E-state index is 11.9. The molecule has 1 aromatic carbocycles. The first-order valence-corrected chi connectivity index (χ1v) is 5.98. The minimum absolute atomic E-state index is 0.109. The van der Waals surface area contributed by atoms with Crippen molar-refractivity contribution >= 4 is 17.6 Å². The summed E-state index contributed by atoms with van der Waals surface area (Å²) in [5.74, 6) is -0.326. The Morgan fingerprint density at radius 1 is 1.20 bits per heavy atom. The van der Waals surface area contributed by atoms with Crippen molar-refractivity contribution in [3.05, 3.63) is 60.4 Å². The highest BCUT2D eigenvalue weighted by Gasteiger charge is 2.24. The van der Waals surface area contributed by atoms with Crippen LogP contribution in [-0.4, -0.2) is 16.9 Å². The molecule has 3 N–H and O–H groups in total. The summed E-state index contributed by atoms with van der Waals surface area (Å²) in [6.45, 7) is 0. The van der Waals surface area contributed by atoms with Crippen molar-refractivity contribution in [1.82, 2.24) is 15.9 Å². The molecule has 20 heavy (non-hydrogen) atoms. The number of nitrogens with zero attached hydrogens (tertiary/aromatic N) is 2. The molecule has 0 saturated heterocycles. The lowest BCUT2D eigenvalue weighted by molar-refractivity contribution is -0.903. The average Bonchev–Trinajstić information content (AvgIpc) is 2.97. The van der Waals surface area contributed by atoms with Crippen LogP contribution in [0.1, 0.15) is 10.4 Å². The summed E-state index contributed by atoms with van der Waals surface area (Å²) in [5, 5.41) is 7.28. The van der Waals surface area contributed by atoms with E-state index in [9.17, 15) is 4.79 Å². The quantitative estimate of drug-likeness (QED) is 0.703. The van der Waals surface area contributed by atoms with Gasteiger partial charge in [0.05, 0.1) is 5.56 Å². The molecular formula is C13H12N5O2+. The lowest BCUT2D eigenvalue weighted by Crippen LogP contribution is -3.07. The second-order valence-corrected chi connectivity index (χ2v) is 4.03. The Hall–Kier alpha value is -2.77. The average molecular weight is 270 g/mol. The first kappa shape index (κ1) is 12.3. The number of nitrogens with one attached hydrogen (secondary N) is 3. The molecule has 2 aromatic rings. The Bertz CT molecular complexity index is 630. The van der Waals surface area contributed by atoms with Crippen LogP contribution in [0.2, 0.25) is 0 Å². The Kier molecular flexibility index (Phi) is 3.36. The van der Waals surface area contributed by atoms with E-state index in [4.69, 9.17) is 4.84 Å². The third-order valence-corrected chi connectivity index (χ3v) is 2.65. The van der Waals surface area contributed by atoms with E-state index in [1.807, 2.05) is 30.3 Å². The van der Waals surface area contributed by atoms with Crippen LogP contribution in [0.15, 0.2) is 60.0 Å². The molecule has 0 spiro atoms. The van der Waals surface area contributed by atoms with E-state index in [1.165, 1.54) is 6.20 Å². The number of pyridine rings is 1. The van der Waals surface area contributed by atoms with Crippen LogP contribution in [0.3, 0.4) is 0 Å². The molecule has 1 aliphatic rings. The molecule has 1 aromatic heterocycles. The number of para-hydroxylation sites is 1. The molecular weight excluding hydrogens is 258 g/mol. The number of amides is 1. The molecule has 100 valence electrons. The van der Waals surface area contributed by atoms with E-state index in [1.54, 1.807) is 18.3 Å². The summed E-state index contributed by atoms with van der Waals surface area (Å²) in [7, 11) is 0. The van der Waals surface area contributed by atoms with Crippen LogP contribution in [0.5, 0.6) is 0 Å². The lowest BCUT2D eigenvalue weighted by atomic mass is 10.3. The summed E-state index contributed by atoms with van der Waals surface area (Å²) >= 11 is 0. The Balaban J connectivity index is 1.69. The molecule has 3 rings (SSSR count). The summed E-state index contributed by atoms with van der Waals surface area (Å²) < 4.78 is 0. The predicted octanol–water partition coefficient (Wildman–Crippen LogP) is -0.251. The smallest absolute Gasteiger partial charge is 0.316 e. The molecule has 2 heterocycles. The van der Waals surface area contributed by atoms with Crippen molar-refractivity contribution in [3.8, 4) is 0 Å². The van der Waals surface area contributed by atoms with Gasteiger partial charge in [0.15, 0.2) is 5.69 Å². The number of aromatic nitrogens is 1. The van der Waals surface area contributed by atoms with E-state index in [-0.39, 0.29) is 11.9 Å². The van der Waals surface area contributed by atoms with E-state index < -0.39 is 0 Å². The zero-order valence-electron chi connectivity index (χ0n) is 10.4. The third-order valence-electron chi connectivity index (χ3n) is 2.65. The van der Waals surface area contributed by atoms with E-state index in [0.717, 1.165) is 5.69 Å². The van der Waals surface area contributed by atoms with Crippen LogP contribution in [0.25, 0.3) is 0 Å². The highest BCUT2D eigenvalue weighted by atomic mass is 16.7. The van der Waals surface area contributed by atoms with E-state index in [0.29, 0.717) is 10.7 Å². The van der Waals surface area contributed by atoms with Crippen molar-refractivity contribution in [1.29, 1.82) is 0 Å². The van der Waals surface area contributed by atoms with E-state index in [2.05, 4.69) is 21.0 Å². The summed E-state index contributed by atoms with van der Waals surface area (Å²) in [6.07, 6.45) is 3.07. The minimum atomic E-state index is -0.326. The molecule has 1 amide bonds. The van der Waals surface area contributed by atoms with Gasteiger partial charge in [-0.3, -0.25) is 15.1 Å². The zero-order chi connectivity index (χ0) is 13.8. The highest BCUT2D eigenvalue weighted by molar-refractivity contribution is 6.03. The molecule has 0 bridgehead atoms. The number of quaternary nitrogens is 1. The van der Waals surface area contributed by atoms with Crippen LogP contribution in [0, 0.1) is 0 Å². The monoisotopic (exact) mass is 270 g/mol. The Labute approximate surface area is 114 Å². The lowest BCUT2D eigenvalue weighted by Gasteiger charge is -2.02. The van der Waals surface area contributed by atoms with Crippen molar-refractivity contribution in [2.45, 2.75) is 0 Å². The molecule has 7 nitrogen and oxygen atoms in total. The molecule has 0 aliphatic carbocycles. The summed E-state index contributed by atoms with van der Waals surface area (Å²) in [4.78, 5) is 20.9. The third kappa shape index (κ3) is 2.63. The molecule has 1 unspecified atom stereocenters. The molecule has 1 aliphatic heterocycles. The maximum Gasteiger partial charge on any atom is 0.374 e. The van der Waals surface area contributed by atoms with Gasteiger partial charge in [-0.1, -0.05) is 23.3 Å². The van der Waals surface area contributed by atoms with Gasteiger partial charge in [0, 0.05) is 35.2 Å².